The fraction of sp³-hybridized carbons (Fsp3) is 0.571. The van der Waals surface area contributed by atoms with Crippen LogP contribution in [0.2, 0.25) is 0 Å². The molecule has 0 aliphatic carbocycles. The molecule has 1 aromatic carbocycles. The van der Waals surface area contributed by atoms with Crippen LogP contribution in [0.4, 0.5) is 0 Å². The van der Waals surface area contributed by atoms with E-state index in [0.29, 0.717) is 16.6 Å². The number of benzene rings is 1. The Morgan fingerprint density at radius 3 is 2.32 bits per heavy atom. The van der Waals surface area contributed by atoms with Gasteiger partial charge in [-0.25, -0.2) is 0 Å². The highest BCUT2D eigenvalue weighted by Crippen LogP contribution is 2.45. The maximum absolute atomic E-state index is 10.2. The second-order valence-corrected chi connectivity index (χ2v) is 6.93. The predicted molar refractivity (Wildman–Crippen MR) is 74.3 cm³/mol. The molecule has 0 saturated heterocycles. The van der Waals surface area contributed by atoms with Gasteiger partial charge in [0.2, 0.25) is 0 Å². The van der Waals surface area contributed by atoms with Crippen molar-refractivity contribution in [3.63, 3.8) is 0 Å². The number of phenols is 2. The molecule has 19 heavy (non-hydrogen) atoms. The first-order valence-corrected chi connectivity index (χ1v) is 6.38. The summed E-state index contributed by atoms with van der Waals surface area (Å²) in [5.74, 6) is -0.256. The Hall–Kier alpha value is -1.78. The van der Waals surface area contributed by atoms with Gasteiger partial charge in [0.1, 0.15) is 11.0 Å². The number of fused-ring (bicyclic) bond motifs is 1. The lowest BCUT2D eigenvalue weighted by molar-refractivity contribution is 0.277. The summed E-state index contributed by atoms with van der Waals surface area (Å²) in [6.07, 6.45) is 0.846. The van der Waals surface area contributed by atoms with Gasteiger partial charge in [0, 0.05) is 11.6 Å². The second-order valence-electron chi connectivity index (χ2n) is 6.93. The van der Waals surface area contributed by atoms with Crippen molar-refractivity contribution in [3.05, 3.63) is 11.6 Å². The van der Waals surface area contributed by atoms with Gasteiger partial charge >= 0.3 is 0 Å². The Bertz CT molecular complexity index is 609. The van der Waals surface area contributed by atoms with Crippen LogP contribution in [-0.2, 0) is 5.41 Å². The number of aromatic nitrogens is 3. The summed E-state index contributed by atoms with van der Waals surface area (Å²) in [7, 11) is 0. The van der Waals surface area contributed by atoms with Crippen LogP contribution in [0, 0.1) is 5.41 Å². The molecule has 0 unspecified atom stereocenters. The smallest absolute Gasteiger partial charge is 0.163 e. The Labute approximate surface area is 112 Å². The molecule has 0 spiro atoms. The fourth-order valence-electron chi connectivity index (χ4n) is 3.02. The van der Waals surface area contributed by atoms with Crippen LogP contribution < -0.4 is 0 Å². The van der Waals surface area contributed by atoms with Crippen molar-refractivity contribution in [2.45, 2.75) is 46.5 Å². The zero-order chi connectivity index (χ0) is 14.4. The number of aromatic amines is 1. The molecule has 0 aliphatic heterocycles. The molecule has 5 nitrogen and oxygen atoms in total. The third-order valence-electron chi connectivity index (χ3n) is 3.21. The fourth-order valence-corrected chi connectivity index (χ4v) is 3.02. The van der Waals surface area contributed by atoms with E-state index in [1.54, 1.807) is 0 Å². The van der Waals surface area contributed by atoms with Crippen LogP contribution in [0.3, 0.4) is 0 Å². The Morgan fingerprint density at radius 2 is 1.74 bits per heavy atom. The minimum absolute atomic E-state index is 0.0947. The summed E-state index contributed by atoms with van der Waals surface area (Å²) in [6.45, 7) is 10.5. The lowest BCUT2D eigenvalue weighted by atomic mass is 9.71. The first kappa shape index (κ1) is 13.6. The lowest BCUT2D eigenvalue weighted by Crippen LogP contribution is -2.25. The average molecular weight is 263 g/mol. The lowest BCUT2D eigenvalue weighted by Gasteiger charge is -2.33. The highest BCUT2D eigenvalue weighted by molar-refractivity contribution is 5.84. The van der Waals surface area contributed by atoms with E-state index in [-0.39, 0.29) is 22.3 Å². The van der Waals surface area contributed by atoms with E-state index in [1.807, 2.05) is 13.8 Å². The van der Waals surface area contributed by atoms with E-state index in [2.05, 4.69) is 36.2 Å². The van der Waals surface area contributed by atoms with Crippen LogP contribution in [0.15, 0.2) is 6.07 Å². The predicted octanol–water partition coefficient (Wildman–Crippen LogP) is 3.08. The highest BCUT2D eigenvalue weighted by Gasteiger charge is 2.33. The number of phenolic OH excluding ortho intramolecular Hbond substituents is 2. The molecular formula is C14H21N3O2. The molecule has 0 aliphatic rings. The van der Waals surface area contributed by atoms with Gasteiger partial charge in [0.15, 0.2) is 11.5 Å². The van der Waals surface area contributed by atoms with E-state index in [0.717, 1.165) is 6.42 Å². The molecule has 104 valence electrons. The summed E-state index contributed by atoms with van der Waals surface area (Å²) in [4.78, 5) is 0. The minimum atomic E-state index is -0.323. The zero-order valence-electron chi connectivity index (χ0n) is 12.1. The largest absolute Gasteiger partial charge is 0.504 e. The van der Waals surface area contributed by atoms with Gasteiger partial charge < -0.3 is 10.2 Å². The Morgan fingerprint density at radius 1 is 1.11 bits per heavy atom. The van der Waals surface area contributed by atoms with E-state index in [1.165, 1.54) is 6.07 Å². The molecule has 0 amide bonds. The van der Waals surface area contributed by atoms with Gasteiger partial charge in [-0.1, -0.05) is 34.6 Å². The normalized spacial score (nSPS) is 13.1. The van der Waals surface area contributed by atoms with Crippen LogP contribution >= 0.6 is 0 Å². The number of hydrogen-bond acceptors (Lipinski definition) is 4. The van der Waals surface area contributed by atoms with Crippen LogP contribution in [-0.4, -0.2) is 25.6 Å². The van der Waals surface area contributed by atoms with Crippen molar-refractivity contribution in [3.8, 4) is 11.5 Å². The molecule has 2 rings (SSSR count). The quantitative estimate of drug-likeness (QED) is 0.727. The van der Waals surface area contributed by atoms with E-state index < -0.39 is 0 Å². The summed E-state index contributed by atoms with van der Waals surface area (Å²) < 4.78 is 0. The highest BCUT2D eigenvalue weighted by atomic mass is 16.3. The SMILES string of the molecule is CC(C)(C)CC(C)(C)c1c(O)c(O)cc2n[nH]nc12. The number of H-pyrrole nitrogens is 1. The molecule has 1 aromatic heterocycles. The third-order valence-corrected chi connectivity index (χ3v) is 3.21. The van der Waals surface area contributed by atoms with Crippen molar-refractivity contribution in [2.24, 2.45) is 5.41 Å². The number of nitrogens with one attached hydrogen (secondary N) is 1. The van der Waals surface area contributed by atoms with Crippen molar-refractivity contribution in [1.29, 1.82) is 0 Å². The molecular weight excluding hydrogens is 242 g/mol. The molecule has 0 fully saturated rings. The second kappa shape index (κ2) is 4.11. The Balaban J connectivity index is 2.66. The molecule has 0 bridgehead atoms. The zero-order valence-corrected chi connectivity index (χ0v) is 12.1. The number of hydrogen-bond donors (Lipinski definition) is 3. The van der Waals surface area contributed by atoms with Gasteiger partial charge in [0.25, 0.3) is 0 Å². The van der Waals surface area contributed by atoms with Crippen molar-refractivity contribution < 1.29 is 10.2 Å². The van der Waals surface area contributed by atoms with Gasteiger partial charge in [-0.2, -0.15) is 15.4 Å². The van der Waals surface area contributed by atoms with Crippen molar-refractivity contribution in [2.75, 3.05) is 0 Å². The molecule has 1 heterocycles. The van der Waals surface area contributed by atoms with Gasteiger partial charge in [-0.05, 0) is 17.3 Å². The van der Waals surface area contributed by atoms with Crippen molar-refractivity contribution in [1.82, 2.24) is 15.4 Å². The van der Waals surface area contributed by atoms with Gasteiger partial charge in [-0.3, -0.25) is 0 Å². The van der Waals surface area contributed by atoms with Crippen LogP contribution in [0.25, 0.3) is 11.0 Å². The number of rotatable bonds is 2. The minimum Gasteiger partial charge on any atom is -0.504 e. The molecule has 0 radical (unpaired) electrons. The summed E-state index contributed by atoms with van der Waals surface area (Å²) in [5.41, 5.74) is 1.59. The van der Waals surface area contributed by atoms with Crippen LogP contribution in [0.1, 0.15) is 46.6 Å². The summed E-state index contributed by atoms with van der Waals surface area (Å²) in [5, 5.41) is 30.7. The van der Waals surface area contributed by atoms with E-state index in [4.69, 9.17) is 0 Å². The molecule has 5 heteroatoms. The van der Waals surface area contributed by atoms with Gasteiger partial charge in [0.05, 0.1) is 0 Å². The summed E-state index contributed by atoms with van der Waals surface area (Å²) >= 11 is 0. The van der Waals surface area contributed by atoms with Gasteiger partial charge in [-0.15, -0.1) is 0 Å². The molecule has 3 N–H and O–H groups in total. The third kappa shape index (κ3) is 2.50. The molecule has 0 saturated carbocycles. The molecule has 2 aromatic rings. The van der Waals surface area contributed by atoms with Crippen LogP contribution in [0.5, 0.6) is 11.5 Å². The van der Waals surface area contributed by atoms with E-state index in [9.17, 15) is 10.2 Å². The maximum Gasteiger partial charge on any atom is 0.163 e. The van der Waals surface area contributed by atoms with Crippen molar-refractivity contribution >= 4 is 11.0 Å². The van der Waals surface area contributed by atoms with E-state index >= 15 is 0 Å². The maximum atomic E-state index is 10.2. The first-order chi connectivity index (χ1) is 8.62. The monoisotopic (exact) mass is 263 g/mol. The number of nitrogens with zero attached hydrogens (tertiary/aromatic N) is 2. The average Bonchev–Trinajstić information content (AvgIpc) is 2.61. The topological polar surface area (TPSA) is 82.0 Å². The first-order valence-electron chi connectivity index (χ1n) is 6.38. The standard InChI is InChI=1S/C14H21N3O2/c1-13(2,3)7-14(4,5)10-11-8(15-17-16-11)6-9(18)12(10)19/h6,18-19H,7H2,1-5H3,(H,15,16,17). The Kier molecular flexibility index (Phi) is 2.96. The summed E-state index contributed by atoms with van der Waals surface area (Å²) in [6, 6.07) is 1.42. The number of aromatic hydroxyl groups is 2. The molecule has 0 atom stereocenters.